The number of rotatable bonds is 4. The fourth-order valence-corrected chi connectivity index (χ4v) is 1.54. The van der Waals surface area contributed by atoms with Crippen LogP contribution >= 0.6 is 0 Å². The zero-order valence-electron chi connectivity index (χ0n) is 8.73. The van der Waals surface area contributed by atoms with Crippen LogP contribution in [0.25, 0.3) is 0 Å². The second-order valence-corrected chi connectivity index (χ2v) is 3.51. The molecule has 0 amide bonds. The van der Waals surface area contributed by atoms with E-state index in [1.165, 1.54) is 0 Å². The van der Waals surface area contributed by atoms with Crippen molar-refractivity contribution >= 4 is 0 Å². The molecule has 0 rings (SSSR count). The molecule has 0 bridgehead atoms. The zero-order chi connectivity index (χ0) is 12.4. The Labute approximate surface area is 85.5 Å². The standard InChI is InChI=1S/C9H14F4O2/c1-5(2)8(6(3)10,7(14)15-4)9(11,12)13/h5,7,14H,3H2,1-2,4H3. The van der Waals surface area contributed by atoms with Crippen molar-refractivity contribution < 1.29 is 27.4 Å². The smallest absolute Gasteiger partial charge is 0.367 e. The van der Waals surface area contributed by atoms with Crippen LogP contribution in [-0.2, 0) is 4.74 Å². The van der Waals surface area contributed by atoms with E-state index in [9.17, 15) is 22.7 Å². The Balaban J connectivity index is 5.60. The molecule has 0 aromatic heterocycles. The van der Waals surface area contributed by atoms with Crippen LogP contribution in [0.5, 0.6) is 0 Å². The SMILES string of the molecule is C=C(F)C(C(C)C)(C(O)OC)C(F)(F)F. The number of alkyl halides is 3. The topological polar surface area (TPSA) is 29.5 Å². The highest BCUT2D eigenvalue weighted by Gasteiger charge is 2.64. The molecular weight excluding hydrogens is 216 g/mol. The van der Waals surface area contributed by atoms with Crippen LogP contribution in [0.3, 0.4) is 0 Å². The first-order chi connectivity index (χ1) is 6.62. The molecule has 2 nitrogen and oxygen atoms in total. The van der Waals surface area contributed by atoms with E-state index in [0.717, 1.165) is 21.0 Å². The van der Waals surface area contributed by atoms with Crippen LogP contribution in [0.1, 0.15) is 13.8 Å². The van der Waals surface area contributed by atoms with Crippen molar-refractivity contribution in [1.29, 1.82) is 0 Å². The fourth-order valence-electron chi connectivity index (χ4n) is 1.54. The Hall–Kier alpha value is -0.620. The van der Waals surface area contributed by atoms with Gasteiger partial charge in [0.15, 0.2) is 11.7 Å². The molecule has 0 saturated carbocycles. The predicted octanol–water partition coefficient (Wildman–Crippen LogP) is 2.64. The van der Waals surface area contributed by atoms with Gasteiger partial charge in [-0.1, -0.05) is 20.4 Å². The van der Waals surface area contributed by atoms with Crippen LogP contribution in [0, 0.1) is 11.3 Å². The van der Waals surface area contributed by atoms with Gasteiger partial charge in [-0.3, -0.25) is 0 Å². The maximum atomic E-state index is 13.1. The van der Waals surface area contributed by atoms with Gasteiger partial charge >= 0.3 is 6.18 Å². The molecule has 0 aromatic carbocycles. The Morgan fingerprint density at radius 3 is 1.80 bits per heavy atom. The first-order valence-corrected chi connectivity index (χ1v) is 4.24. The summed E-state index contributed by atoms with van der Waals surface area (Å²) in [7, 11) is 0.872. The van der Waals surface area contributed by atoms with Gasteiger partial charge in [0.1, 0.15) is 5.83 Å². The molecule has 2 atom stereocenters. The number of halogens is 4. The van der Waals surface area contributed by atoms with E-state index in [4.69, 9.17) is 0 Å². The van der Waals surface area contributed by atoms with Gasteiger partial charge in [0.25, 0.3) is 0 Å². The Bertz CT molecular complexity index is 237. The number of aliphatic hydroxyl groups is 1. The molecule has 0 aromatic rings. The third-order valence-electron chi connectivity index (χ3n) is 2.44. The number of methoxy groups -OCH3 is 1. The summed E-state index contributed by atoms with van der Waals surface area (Å²) < 4.78 is 55.6. The molecule has 90 valence electrons. The van der Waals surface area contributed by atoms with Crippen molar-refractivity contribution in [3.8, 4) is 0 Å². The van der Waals surface area contributed by atoms with Gasteiger partial charge in [-0.2, -0.15) is 13.2 Å². The summed E-state index contributed by atoms with van der Waals surface area (Å²) in [6, 6.07) is 0. The van der Waals surface area contributed by atoms with Crippen LogP contribution < -0.4 is 0 Å². The van der Waals surface area contributed by atoms with Gasteiger partial charge in [-0.15, -0.1) is 0 Å². The average Bonchev–Trinajstić information content (AvgIpc) is 2.00. The minimum atomic E-state index is -4.97. The Kier molecular flexibility index (Phi) is 4.30. The molecule has 0 aliphatic heterocycles. The van der Waals surface area contributed by atoms with Gasteiger partial charge in [0, 0.05) is 7.11 Å². The number of aliphatic hydroxyl groups excluding tert-OH is 1. The van der Waals surface area contributed by atoms with E-state index >= 15 is 0 Å². The number of hydrogen-bond acceptors (Lipinski definition) is 2. The lowest BCUT2D eigenvalue weighted by atomic mass is 9.74. The van der Waals surface area contributed by atoms with Crippen molar-refractivity contribution in [3.05, 3.63) is 12.4 Å². The molecule has 1 N–H and O–H groups in total. The Morgan fingerprint density at radius 2 is 1.73 bits per heavy atom. The first kappa shape index (κ1) is 14.4. The molecular formula is C9H14F4O2. The molecule has 0 aliphatic rings. The first-order valence-electron chi connectivity index (χ1n) is 4.24. The maximum Gasteiger partial charge on any atom is 0.405 e. The maximum absolute atomic E-state index is 13.1. The molecule has 0 heterocycles. The third kappa shape index (κ3) is 2.15. The highest BCUT2D eigenvalue weighted by molar-refractivity contribution is 5.10. The van der Waals surface area contributed by atoms with Gasteiger partial charge in [0.05, 0.1) is 0 Å². The predicted molar refractivity (Wildman–Crippen MR) is 46.6 cm³/mol. The lowest BCUT2D eigenvalue weighted by Gasteiger charge is -2.40. The van der Waals surface area contributed by atoms with Crippen molar-refractivity contribution in [2.24, 2.45) is 11.3 Å². The molecule has 0 radical (unpaired) electrons. The van der Waals surface area contributed by atoms with Crippen LogP contribution in [0.4, 0.5) is 17.6 Å². The Morgan fingerprint density at radius 1 is 1.33 bits per heavy atom. The lowest BCUT2D eigenvalue weighted by molar-refractivity contribution is -0.305. The van der Waals surface area contributed by atoms with Gasteiger partial charge in [-0.05, 0) is 5.92 Å². The van der Waals surface area contributed by atoms with Gasteiger partial charge in [0.2, 0.25) is 0 Å². The van der Waals surface area contributed by atoms with Crippen molar-refractivity contribution in [2.75, 3.05) is 7.11 Å². The monoisotopic (exact) mass is 230 g/mol. The number of hydrogen-bond donors (Lipinski definition) is 1. The quantitative estimate of drug-likeness (QED) is 0.594. The van der Waals surface area contributed by atoms with E-state index in [0.29, 0.717) is 0 Å². The molecule has 0 saturated heterocycles. The summed E-state index contributed by atoms with van der Waals surface area (Å²) >= 11 is 0. The summed E-state index contributed by atoms with van der Waals surface area (Å²) in [6.07, 6.45) is -7.28. The summed E-state index contributed by atoms with van der Waals surface area (Å²) in [6.45, 7) is 4.94. The van der Waals surface area contributed by atoms with Gasteiger partial charge in [-0.25, -0.2) is 4.39 Å². The van der Waals surface area contributed by atoms with E-state index in [1.54, 1.807) is 0 Å². The van der Waals surface area contributed by atoms with Crippen molar-refractivity contribution in [1.82, 2.24) is 0 Å². The second kappa shape index (κ2) is 4.49. The lowest BCUT2D eigenvalue weighted by Crippen LogP contribution is -2.52. The summed E-state index contributed by atoms with van der Waals surface area (Å²) in [4.78, 5) is 0. The van der Waals surface area contributed by atoms with Crippen LogP contribution in [-0.4, -0.2) is 24.7 Å². The number of ether oxygens (including phenoxy) is 1. The second-order valence-electron chi connectivity index (χ2n) is 3.51. The minimum Gasteiger partial charge on any atom is -0.367 e. The van der Waals surface area contributed by atoms with Crippen LogP contribution in [0.2, 0.25) is 0 Å². The summed E-state index contributed by atoms with van der Waals surface area (Å²) in [5, 5.41) is 9.20. The van der Waals surface area contributed by atoms with E-state index in [2.05, 4.69) is 11.3 Å². The normalized spacial score (nSPS) is 18.7. The molecule has 15 heavy (non-hydrogen) atoms. The zero-order valence-corrected chi connectivity index (χ0v) is 8.73. The molecule has 0 fully saturated rings. The molecule has 2 unspecified atom stereocenters. The third-order valence-corrected chi connectivity index (χ3v) is 2.44. The van der Waals surface area contributed by atoms with Gasteiger partial charge < -0.3 is 9.84 Å². The van der Waals surface area contributed by atoms with Crippen molar-refractivity contribution in [3.63, 3.8) is 0 Å². The summed E-state index contributed by atoms with van der Waals surface area (Å²) in [5.74, 6) is -2.88. The minimum absolute atomic E-state index is 0.872. The highest BCUT2D eigenvalue weighted by atomic mass is 19.4. The van der Waals surface area contributed by atoms with Crippen molar-refractivity contribution in [2.45, 2.75) is 26.3 Å². The average molecular weight is 230 g/mol. The molecule has 6 heteroatoms. The molecule has 0 spiro atoms. The highest BCUT2D eigenvalue weighted by Crippen LogP contribution is 2.52. The van der Waals surface area contributed by atoms with E-state index in [1.807, 2.05) is 0 Å². The van der Waals surface area contributed by atoms with E-state index in [-0.39, 0.29) is 0 Å². The molecule has 0 aliphatic carbocycles. The van der Waals surface area contributed by atoms with E-state index < -0.39 is 29.6 Å². The largest absolute Gasteiger partial charge is 0.405 e. The van der Waals surface area contributed by atoms with Crippen LogP contribution in [0.15, 0.2) is 12.4 Å². The summed E-state index contributed by atoms with van der Waals surface area (Å²) in [5.41, 5.74) is -3.08. The fraction of sp³-hybridized carbons (Fsp3) is 0.778.